The first-order chi connectivity index (χ1) is 41.4. The molecule has 0 radical (unpaired) electrons. The molecule has 0 bridgehead atoms. The quantitative estimate of drug-likeness (QED) is 0.143. The van der Waals surface area contributed by atoms with Gasteiger partial charge in [-0.3, -0.25) is 0 Å². The standard InChI is InChI=1S/C82H56N2/c1-49-69(53-27-11-5-12-28-53)50(2)72(56-33-17-8-18-34-56)75(71(49)55-31-15-7-16-32-55)59-43-45-63-67(47-59)83-65-41-25-23-39-61(65)78-80-64-46-44-60(48-68(64)84-66-42-26-24-40-62(66)77(82(80)84)79(63)81(78)83)76-73(57-35-19-9-20-36-57)51(3)70(54-29-13-6-14-30-54)52(4)74(76)58-37-21-10-22-38-58/h5-48H,1-4H3. The van der Waals surface area contributed by atoms with Gasteiger partial charge in [0.15, 0.2) is 0 Å². The molecule has 0 saturated carbocycles. The summed E-state index contributed by atoms with van der Waals surface area (Å²) in [5.74, 6) is 0. The Kier molecular flexibility index (Phi) is 10.6. The average molecular weight is 1070 g/mol. The largest absolute Gasteiger partial charge is 0.308 e. The molecule has 0 aliphatic rings. The maximum atomic E-state index is 2.62. The van der Waals surface area contributed by atoms with Crippen molar-refractivity contribution in [2.24, 2.45) is 0 Å². The predicted molar refractivity (Wildman–Crippen MR) is 358 cm³/mol. The molecule has 0 saturated heterocycles. The molecule has 84 heavy (non-hydrogen) atoms. The third-order valence-electron chi connectivity index (χ3n) is 18.7. The third-order valence-corrected chi connectivity index (χ3v) is 18.7. The van der Waals surface area contributed by atoms with Gasteiger partial charge in [0, 0.05) is 43.1 Å². The van der Waals surface area contributed by atoms with Crippen LogP contribution in [0.1, 0.15) is 22.3 Å². The molecule has 394 valence electrons. The molecule has 0 aliphatic carbocycles. The Morgan fingerprint density at radius 1 is 0.190 bits per heavy atom. The molecule has 17 rings (SSSR count). The van der Waals surface area contributed by atoms with Gasteiger partial charge < -0.3 is 8.80 Å². The van der Waals surface area contributed by atoms with Gasteiger partial charge in [0.2, 0.25) is 0 Å². The molecule has 17 aromatic rings. The van der Waals surface area contributed by atoms with Crippen LogP contribution in [0.15, 0.2) is 267 Å². The molecule has 13 aromatic carbocycles. The number of hydrogen-bond acceptors (Lipinski definition) is 0. The van der Waals surface area contributed by atoms with Crippen LogP contribution in [0.5, 0.6) is 0 Å². The van der Waals surface area contributed by atoms with Crippen molar-refractivity contribution in [3.63, 3.8) is 0 Å². The van der Waals surface area contributed by atoms with E-state index in [4.69, 9.17) is 0 Å². The lowest BCUT2D eigenvalue weighted by atomic mass is 9.78. The molecule has 0 unspecified atom stereocenters. The van der Waals surface area contributed by atoms with Crippen molar-refractivity contribution in [1.29, 1.82) is 0 Å². The highest BCUT2D eigenvalue weighted by molar-refractivity contribution is 6.45. The van der Waals surface area contributed by atoms with E-state index in [1.165, 1.54) is 187 Å². The van der Waals surface area contributed by atoms with E-state index in [-0.39, 0.29) is 0 Å². The van der Waals surface area contributed by atoms with Gasteiger partial charge in [-0.25, -0.2) is 0 Å². The first kappa shape index (κ1) is 48.2. The van der Waals surface area contributed by atoms with Gasteiger partial charge in [-0.1, -0.05) is 243 Å². The Morgan fingerprint density at radius 3 is 0.714 bits per heavy atom. The highest BCUT2D eigenvalue weighted by Crippen LogP contribution is 2.56. The van der Waals surface area contributed by atoms with Gasteiger partial charge in [0.25, 0.3) is 0 Å². The van der Waals surface area contributed by atoms with Crippen LogP contribution >= 0.6 is 0 Å². The summed E-state index contributed by atoms with van der Waals surface area (Å²) in [5, 5.41) is 10.3. The topological polar surface area (TPSA) is 8.82 Å². The van der Waals surface area contributed by atoms with E-state index in [2.05, 4.69) is 303 Å². The van der Waals surface area contributed by atoms with Gasteiger partial charge >= 0.3 is 0 Å². The minimum Gasteiger partial charge on any atom is -0.308 e. The third kappa shape index (κ3) is 6.74. The summed E-state index contributed by atoms with van der Waals surface area (Å²) in [6, 6.07) is 99.4. The first-order valence-electron chi connectivity index (χ1n) is 29.4. The van der Waals surface area contributed by atoms with Crippen LogP contribution in [0.3, 0.4) is 0 Å². The maximum absolute atomic E-state index is 2.62. The number of hydrogen-bond donors (Lipinski definition) is 0. The zero-order valence-corrected chi connectivity index (χ0v) is 47.3. The molecule has 2 nitrogen and oxygen atoms in total. The molecule has 4 aromatic heterocycles. The lowest BCUT2D eigenvalue weighted by Gasteiger charge is -2.25. The van der Waals surface area contributed by atoms with E-state index in [0.29, 0.717) is 0 Å². The van der Waals surface area contributed by atoms with Crippen molar-refractivity contribution in [2.75, 3.05) is 0 Å². The van der Waals surface area contributed by atoms with Gasteiger partial charge in [-0.05, 0) is 163 Å². The highest BCUT2D eigenvalue weighted by atomic mass is 14.9. The second-order valence-corrected chi connectivity index (χ2v) is 23.1. The van der Waals surface area contributed by atoms with Crippen LogP contribution in [0.25, 0.3) is 165 Å². The summed E-state index contributed by atoms with van der Waals surface area (Å²) in [5.41, 5.74) is 32.4. The molecule has 0 aliphatic heterocycles. The Balaban J connectivity index is 0.994. The Bertz CT molecular complexity index is 4980. The zero-order valence-electron chi connectivity index (χ0n) is 47.3. The zero-order chi connectivity index (χ0) is 55.9. The van der Waals surface area contributed by atoms with Crippen LogP contribution in [0, 0.1) is 27.7 Å². The molecule has 0 atom stereocenters. The van der Waals surface area contributed by atoms with Gasteiger partial charge in [0.1, 0.15) is 0 Å². The molecule has 0 fully saturated rings. The van der Waals surface area contributed by atoms with Crippen molar-refractivity contribution in [2.45, 2.75) is 27.7 Å². The van der Waals surface area contributed by atoms with Crippen LogP contribution in [0.4, 0.5) is 0 Å². The normalized spacial score (nSPS) is 12.0. The number of nitrogens with zero attached hydrogens (tertiary/aromatic N) is 2. The number of fused-ring (bicyclic) bond motifs is 14. The monoisotopic (exact) mass is 1070 g/mol. The van der Waals surface area contributed by atoms with Crippen molar-refractivity contribution in [3.8, 4) is 89.0 Å². The van der Waals surface area contributed by atoms with E-state index >= 15 is 0 Å². The van der Waals surface area contributed by atoms with Crippen LogP contribution in [-0.2, 0) is 0 Å². The number of para-hydroxylation sites is 2. The molecule has 0 spiro atoms. The molecular formula is C82H56N2. The minimum atomic E-state index is 1.20. The van der Waals surface area contributed by atoms with Gasteiger partial charge in [0.05, 0.1) is 33.1 Å². The van der Waals surface area contributed by atoms with E-state index in [9.17, 15) is 0 Å². The number of rotatable bonds is 8. The van der Waals surface area contributed by atoms with Crippen molar-refractivity contribution in [1.82, 2.24) is 8.80 Å². The minimum absolute atomic E-state index is 1.20. The highest BCUT2D eigenvalue weighted by Gasteiger charge is 2.32. The molecular weight excluding hydrogens is 1010 g/mol. The molecule has 0 amide bonds. The number of benzene rings is 13. The lowest BCUT2D eigenvalue weighted by molar-refractivity contribution is 1.36. The van der Waals surface area contributed by atoms with Crippen molar-refractivity contribution in [3.05, 3.63) is 289 Å². The van der Waals surface area contributed by atoms with E-state index in [0.717, 1.165) is 0 Å². The second kappa shape index (κ2) is 18.5. The van der Waals surface area contributed by atoms with Gasteiger partial charge in [-0.2, -0.15) is 0 Å². The molecule has 2 heteroatoms. The Labute approximate surface area is 488 Å². The summed E-state index contributed by atoms with van der Waals surface area (Å²) in [6.07, 6.45) is 0. The van der Waals surface area contributed by atoms with E-state index in [1.54, 1.807) is 0 Å². The second-order valence-electron chi connectivity index (χ2n) is 23.1. The Morgan fingerprint density at radius 2 is 0.429 bits per heavy atom. The van der Waals surface area contributed by atoms with Crippen molar-refractivity contribution < 1.29 is 0 Å². The van der Waals surface area contributed by atoms with Crippen molar-refractivity contribution >= 4 is 76.2 Å². The van der Waals surface area contributed by atoms with Gasteiger partial charge in [-0.15, -0.1) is 0 Å². The first-order valence-corrected chi connectivity index (χ1v) is 29.4. The maximum Gasteiger partial charge on any atom is 0.0634 e. The summed E-state index contributed by atoms with van der Waals surface area (Å²) >= 11 is 0. The summed E-state index contributed by atoms with van der Waals surface area (Å²) in [7, 11) is 0. The van der Waals surface area contributed by atoms with E-state index < -0.39 is 0 Å². The fourth-order valence-electron chi connectivity index (χ4n) is 15.5. The molecule has 4 heterocycles. The van der Waals surface area contributed by atoms with Crippen LogP contribution in [0.2, 0.25) is 0 Å². The fourth-order valence-corrected chi connectivity index (χ4v) is 15.5. The summed E-state index contributed by atoms with van der Waals surface area (Å²) in [4.78, 5) is 0. The smallest absolute Gasteiger partial charge is 0.0634 e. The summed E-state index contributed by atoms with van der Waals surface area (Å²) in [6.45, 7) is 9.35. The van der Waals surface area contributed by atoms with Crippen LogP contribution in [-0.4, -0.2) is 8.80 Å². The lowest BCUT2D eigenvalue weighted by Crippen LogP contribution is -2.01. The number of aromatic nitrogens is 2. The SMILES string of the molecule is Cc1c(-c2ccccc2)c(C)c(-c2ccccc2)c(-c2ccc3c4c5c6ccccc6n6c7cc(-c8c(-c9ccccc9)c(C)c(-c9ccccc9)c(C)c8-c8ccccc8)ccc7c(c7c8ccccc8n(c3c2)c74)c56)c1-c1ccccc1. The molecule has 0 N–H and O–H groups in total. The predicted octanol–water partition coefficient (Wildman–Crippen LogP) is 22.6. The van der Waals surface area contributed by atoms with Crippen LogP contribution < -0.4 is 0 Å². The average Bonchev–Trinajstić information content (AvgIpc) is 2.01. The van der Waals surface area contributed by atoms with E-state index in [1.807, 2.05) is 0 Å². The fraction of sp³-hybridized carbons (Fsp3) is 0.0488. The Hall–Kier alpha value is -10.5. The summed E-state index contributed by atoms with van der Waals surface area (Å²) < 4.78 is 5.24.